The lowest BCUT2D eigenvalue weighted by Gasteiger charge is -2.29. The molecule has 0 aromatic heterocycles. The van der Waals surface area contributed by atoms with Crippen LogP contribution in [0.5, 0.6) is 5.75 Å². The summed E-state index contributed by atoms with van der Waals surface area (Å²) in [5.41, 5.74) is 3.29. The summed E-state index contributed by atoms with van der Waals surface area (Å²) in [6.07, 6.45) is 6.20. The molecule has 0 spiro atoms. The molecule has 2 aliphatic rings. The van der Waals surface area contributed by atoms with Crippen LogP contribution in [0.3, 0.4) is 0 Å². The van der Waals surface area contributed by atoms with Gasteiger partial charge in [0.15, 0.2) is 0 Å². The second-order valence-corrected chi connectivity index (χ2v) is 7.50. The summed E-state index contributed by atoms with van der Waals surface area (Å²) >= 11 is 0. The Hall–Kier alpha value is -2.62. The minimum Gasteiger partial charge on any atom is -0.489 e. The van der Waals surface area contributed by atoms with Crippen LogP contribution in [0.2, 0.25) is 0 Å². The fourth-order valence-corrected chi connectivity index (χ4v) is 3.81. The van der Waals surface area contributed by atoms with E-state index in [9.17, 15) is 4.79 Å². The monoisotopic (exact) mass is 348 g/mol. The summed E-state index contributed by atoms with van der Waals surface area (Å²) < 4.78 is 6.11. The van der Waals surface area contributed by atoms with Gasteiger partial charge in [0.1, 0.15) is 5.75 Å². The van der Waals surface area contributed by atoms with Gasteiger partial charge >= 0.3 is 0 Å². The Bertz CT molecular complexity index is 830. The third kappa shape index (κ3) is 3.00. The molecule has 0 saturated heterocycles. The first kappa shape index (κ1) is 16.8. The molecule has 2 N–H and O–H groups in total. The third-order valence-corrected chi connectivity index (χ3v) is 5.56. The van der Waals surface area contributed by atoms with Crippen molar-refractivity contribution < 1.29 is 9.53 Å². The number of rotatable bonds is 5. The zero-order valence-electron chi connectivity index (χ0n) is 15.0. The van der Waals surface area contributed by atoms with Gasteiger partial charge in [0.2, 0.25) is 0 Å². The number of carbonyl (C=O) groups excluding carboxylic acids is 1. The first-order chi connectivity index (χ1) is 12.6. The van der Waals surface area contributed by atoms with E-state index in [-0.39, 0.29) is 12.0 Å². The van der Waals surface area contributed by atoms with Crippen LogP contribution in [-0.2, 0) is 12.8 Å². The zero-order chi connectivity index (χ0) is 18.1. The van der Waals surface area contributed by atoms with Crippen molar-refractivity contribution in [2.45, 2.75) is 50.7 Å². The molecule has 4 rings (SSSR count). The lowest BCUT2D eigenvalue weighted by atomic mass is 9.95. The number of carbonyl (C=O) groups is 1. The number of hydrogen-bond acceptors (Lipinski definition) is 3. The Morgan fingerprint density at radius 3 is 2.42 bits per heavy atom. The maximum absolute atomic E-state index is 13.1. The molecule has 0 atom stereocenters. The van der Waals surface area contributed by atoms with Crippen LogP contribution in [0.1, 0.15) is 46.3 Å². The summed E-state index contributed by atoms with van der Waals surface area (Å²) in [5, 5.41) is 11.1. The van der Waals surface area contributed by atoms with Crippen LogP contribution >= 0.6 is 0 Å². The van der Waals surface area contributed by atoms with Crippen molar-refractivity contribution in [1.29, 1.82) is 5.41 Å². The smallest absolute Gasteiger partial charge is 0.255 e. The highest BCUT2D eigenvalue weighted by Crippen LogP contribution is 2.32. The second kappa shape index (κ2) is 6.60. The highest BCUT2D eigenvalue weighted by Gasteiger charge is 2.37. The van der Waals surface area contributed by atoms with Crippen molar-refractivity contribution >= 4 is 12.1 Å². The van der Waals surface area contributed by atoms with Crippen LogP contribution in [0.4, 0.5) is 0 Å². The van der Waals surface area contributed by atoms with Gasteiger partial charge in [-0.3, -0.25) is 4.79 Å². The van der Waals surface area contributed by atoms with Gasteiger partial charge in [-0.25, -0.2) is 0 Å². The third-order valence-electron chi connectivity index (χ3n) is 5.56. The standard InChI is InChI=1S/C22H24N2O2/c1-15-6-4-11-19(20(15)26-18-9-5-10-18)21(25)24-22(14-23)12-16-7-2-3-8-17(16)13-22/h2-4,6-8,11,14,18,23H,5,9-10,12-13H2,1H3,(H,24,25). The van der Waals surface area contributed by atoms with Crippen LogP contribution in [0.25, 0.3) is 0 Å². The molecule has 134 valence electrons. The van der Waals surface area contributed by atoms with Gasteiger partial charge in [-0.2, -0.15) is 0 Å². The van der Waals surface area contributed by atoms with E-state index >= 15 is 0 Å². The first-order valence-electron chi connectivity index (χ1n) is 9.27. The maximum atomic E-state index is 13.1. The molecule has 2 aliphatic carbocycles. The molecule has 4 heteroatoms. The molecule has 26 heavy (non-hydrogen) atoms. The molecule has 2 aromatic rings. The molecule has 2 aromatic carbocycles. The fourth-order valence-electron chi connectivity index (χ4n) is 3.81. The normalized spacial score (nSPS) is 17.9. The number of nitrogens with one attached hydrogen (secondary N) is 2. The van der Waals surface area contributed by atoms with E-state index < -0.39 is 5.54 Å². The number of benzene rings is 2. The zero-order valence-corrected chi connectivity index (χ0v) is 15.0. The van der Waals surface area contributed by atoms with E-state index in [0.717, 1.165) is 18.4 Å². The van der Waals surface area contributed by atoms with Crippen molar-refractivity contribution in [2.24, 2.45) is 0 Å². The molecule has 0 unspecified atom stereocenters. The predicted molar refractivity (Wildman–Crippen MR) is 102 cm³/mol. The average molecular weight is 348 g/mol. The fraction of sp³-hybridized carbons (Fsp3) is 0.364. The summed E-state index contributed by atoms with van der Waals surface area (Å²) in [7, 11) is 0. The molecule has 1 saturated carbocycles. The van der Waals surface area contributed by atoms with Gasteiger partial charge in [-0.15, -0.1) is 0 Å². The molecule has 0 heterocycles. The summed E-state index contributed by atoms with van der Waals surface area (Å²) in [6.45, 7) is 1.97. The topological polar surface area (TPSA) is 62.2 Å². The van der Waals surface area contributed by atoms with E-state index in [1.54, 1.807) is 0 Å². The van der Waals surface area contributed by atoms with Gasteiger partial charge in [-0.1, -0.05) is 36.4 Å². The van der Waals surface area contributed by atoms with Gasteiger partial charge in [0.05, 0.1) is 17.2 Å². The summed E-state index contributed by atoms with van der Waals surface area (Å²) in [5.74, 6) is 0.518. The SMILES string of the molecule is Cc1cccc(C(=O)NC2(C=N)Cc3ccccc3C2)c1OC1CCC1. The number of fused-ring (bicyclic) bond motifs is 1. The number of hydrogen-bond donors (Lipinski definition) is 2. The maximum Gasteiger partial charge on any atom is 0.255 e. The molecular formula is C22H24N2O2. The Morgan fingerprint density at radius 2 is 1.85 bits per heavy atom. The Balaban J connectivity index is 1.58. The van der Waals surface area contributed by atoms with Crippen molar-refractivity contribution in [3.63, 3.8) is 0 Å². The number of ether oxygens (including phenoxy) is 1. The van der Waals surface area contributed by atoms with Crippen LogP contribution in [0.15, 0.2) is 42.5 Å². The van der Waals surface area contributed by atoms with Gasteiger partial charge < -0.3 is 15.5 Å². The largest absolute Gasteiger partial charge is 0.489 e. The highest BCUT2D eigenvalue weighted by molar-refractivity contribution is 5.99. The lowest BCUT2D eigenvalue weighted by Crippen LogP contribution is -2.50. The Labute approximate surface area is 154 Å². The van der Waals surface area contributed by atoms with Gasteiger partial charge in [-0.05, 0) is 48.9 Å². The van der Waals surface area contributed by atoms with Crippen LogP contribution in [-0.4, -0.2) is 23.8 Å². The van der Waals surface area contributed by atoms with Crippen molar-refractivity contribution in [3.8, 4) is 5.75 Å². The lowest BCUT2D eigenvalue weighted by molar-refractivity contribution is 0.0901. The van der Waals surface area contributed by atoms with E-state index in [1.165, 1.54) is 23.8 Å². The Morgan fingerprint density at radius 1 is 1.15 bits per heavy atom. The highest BCUT2D eigenvalue weighted by atomic mass is 16.5. The minimum absolute atomic E-state index is 0.167. The first-order valence-corrected chi connectivity index (χ1v) is 9.27. The molecule has 1 amide bonds. The number of para-hydroxylation sites is 1. The van der Waals surface area contributed by atoms with Gasteiger partial charge in [0.25, 0.3) is 5.91 Å². The molecule has 0 bridgehead atoms. The molecule has 1 fully saturated rings. The predicted octanol–water partition coefficient (Wildman–Crippen LogP) is 3.84. The average Bonchev–Trinajstić information content (AvgIpc) is 2.97. The van der Waals surface area contributed by atoms with Gasteiger partial charge in [0, 0.05) is 19.1 Å². The number of amides is 1. The quantitative estimate of drug-likeness (QED) is 0.807. The van der Waals surface area contributed by atoms with Crippen molar-refractivity contribution in [3.05, 3.63) is 64.7 Å². The molecule has 0 radical (unpaired) electrons. The van der Waals surface area contributed by atoms with Crippen molar-refractivity contribution in [1.82, 2.24) is 5.32 Å². The molecular weight excluding hydrogens is 324 g/mol. The molecule has 0 aliphatic heterocycles. The Kier molecular flexibility index (Phi) is 4.27. The van der Waals surface area contributed by atoms with Crippen LogP contribution < -0.4 is 10.1 Å². The molecule has 4 nitrogen and oxygen atoms in total. The van der Waals surface area contributed by atoms with E-state index in [2.05, 4.69) is 17.4 Å². The second-order valence-electron chi connectivity index (χ2n) is 7.50. The van der Waals surface area contributed by atoms with E-state index in [0.29, 0.717) is 24.2 Å². The van der Waals surface area contributed by atoms with E-state index in [1.807, 2.05) is 37.3 Å². The summed E-state index contributed by atoms with van der Waals surface area (Å²) in [4.78, 5) is 13.1. The van der Waals surface area contributed by atoms with Crippen molar-refractivity contribution in [2.75, 3.05) is 0 Å². The van der Waals surface area contributed by atoms with E-state index in [4.69, 9.17) is 10.1 Å². The number of aryl methyl sites for hydroxylation is 1. The van der Waals surface area contributed by atoms with Crippen LogP contribution in [0, 0.1) is 12.3 Å². The minimum atomic E-state index is -0.655. The summed E-state index contributed by atoms with van der Waals surface area (Å²) in [6, 6.07) is 13.8.